The molecule has 3 saturated carbocycles. The Balaban J connectivity index is 1.62. The van der Waals surface area contributed by atoms with E-state index in [4.69, 9.17) is 4.74 Å². The normalized spacial score (nSPS) is 51.8. The number of carbonyl (C=O) groups is 1. The second-order valence-corrected chi connectivity index (χ2v) is 10.1. The molecule has 0 aromatic rings. The molecule has 7 atom stereocenters. The molecular weight excluding hydrogens is 312 g/mol. The maximum Gasteiger partial charge on any atom is 0.302 e. The molecule has 0 radical (unpaired) electrons. The van der Waals surface area contributed by atoms with Crippen molar-refractivity contribution in [3.63, 3.8) is 0 Å². The van der Waals surface area contributed by atoms with Gasteiger partial charge in [0.05, 0.1) is 5.60 Å². The fourth-order valence-corrected chi connectivity index (χ4v) is 7.22. The molecule has 3 fully saturated rings. The van der Waals surface area contributed by atoms with Gasteiger partial charge in [-0.05, 0) is 81.5 Å². The van der Waals surface area contributed by atoms with E-state index in [9.17, 15) is 9.90 Å². The van der Waals surface area contributed by atoms with Crippen LogP contribution in [0.1, 0.15) is 79.1 Å². The lowest BCUT2D eigenvalue weighted by Crippen LogP contribution is -2.52. The number of rotatable bonds is 1. The van der Waals surface area contributed by atoms with Gasteiger partial charge < -0.3 is 9.84 Å². The van der Waals surface area contributed by atoms with Crippen LogP contribution in [0.25, 0.3) is 0 Å². The van der Waals surface area contributed by atoms with Crippen molar-refractivity contribution in [3.05, 3.63) is 11.6 Å². The number of hydrogen-bond donors (Lipinski definition) is 1. The lowest BCUT2D eigenvalue weighted by molar-refractivity contribution is -0.157. The molecule has 25 heavy (non-hydrogen) atoms. The van der Waals surface area contributed by atoms with Crippen LogP contribution in [0.5, 0.6) is 0 Å². The molecule has 0 aromatic heterocycles. The first kappa shape index (κ1) is 17.6. The van der Waals surface area contributed by atoms with E-state index in [1.807, 2.05) is 6.92 Å². The molecule has 4 aliphatic carbocycles. The molecule has 3 nitrogen and oxygen atoms in total. The zero-order valence-corrected chi connectivity index (χ0v) is 16.3. The Hall–Kier alpha value is -0.830. The van der Waals surface area contributed by atoms with E-state index in [2.05, 4.69) is 19.9 Å². The van der Waals surface area contributed by atoms with Crippen LogP contribution >= 0.6 is 0 Å². The second-order valence-electron chi connectivity index (χ2n) is 10.1. The standard InChI is InChI=1S/C22H34O3/c1-14(23)25-19-8-7-17-16-6-5-15-13-20(2,24)11-12-21(15,3)18(16)9-10-22(17,19)4/h13,16-19,24H,5-12H2,1-4H3/t16-,17-,18-,19-,20-,21-,22-/m0/s1. The van der Waals surface area contributed by atoms with E-state index in [1.165, 1.54) is 31.3 Å². The first-order valence-corrected chi connectivity index (χ1v) is 10.3. The molecule has 1 N–H and O–H groups in total. The quantitative estimate of drug-likeness (QED) is 0.556. The molecule has 0 amide bonds. The van der Waals surface area contributed by atoms with Crippen LogP contribution < -0.4 is 0 Å². The van der Waals surface area contributed by atoms with Crippen molar-refractivity contribution in [1.82, 2.24) is 0 Å². The predicted octanol–water partition coefficient (Wildman–Crippen LogP) is 4.63. The Bertz CT molecular complexity index is 606. The highest BCUT2D eigenvalue weighted by molar-refractivity contribution is 5.66. The molecule has 4 rings (SSSR count). The Labute approximate surface area is 152 Å². The fourth-order valence-electron chi connectivity index (χ4n) is 7.22. The van der Waals surface area contributed by atoms with Gasteiger partial charge in [0.1, 0.15) is 6.10 Å². The number of esters is 1. The second kappa shape index (κ2) is 5.58. The summed E-state index contributed by atoms with van der Waals surface area (Å²) in [7, 11) is 0. The van der Waals surface area contributed by atoms with Gasteiger partial charge in [0.2, 0.25) is 0 Å². The fraction of sp³-hybridized carbons (Fsp3) is 0.864. The molecule has 0 bridgehead atoms. The van der Waals surface area contributed by atoms with Gasteiger partial charge in [0.25, 0.3) is 0 Å². The van der Waals surface area contributed by atoms with Crippen molar-refractivity contribution in [2.45, 2.75) is 90.8 Å². The highest BCUT2D eigenvalue weighted by Crippen LogP contribution is 2.66. The van der Waals surface area contributed by atoms with Gasteiger partial charge >= 0.3 is 5.97 Å². The number of allylic oxidation sites excluding steroid dienone is 1. The van der Waals surface area contributed by atoms with E-state index in [-0.39, 0.29) is 22.9 Å². The minimum absolute atomic E-state index is 0.118. The first-order valence-electron chi connectivity index (χ1n) is 10.3. The van der Waals surface area contributed by atoms with Crippen LogP contribution in [0.2, 0.25) is 0 Å². The summed E-state index contributed by atoms with van der Waals surface area (Å²) in [5.41, 5.74) is 1.35. The van der Waals surface area contributed by atoms with E-state index >= 15 is 0 Å². The number of carbonyl (C=O) groups excluding carboxylic acids is 1. The van der Waals surface area contributed by atoms with E-state index < -0.39 is 5.60 Å². The lowest BCUT2D eigenvalue weighted by Gasteiger charge is -2.58. The summed E-state index contributed by atoms with van der Waals surface area (Å²) < 4.78 is 5.74. The van der Waals surface area contributed by atoms with Crippen LogP contribution in [0.4, 0.5) is 0 Å². The molecular formula is C22H34O3. The van der Waals surface area contributed by atoms with Gasteiger partial charge in [-0.3, -0.25) is 4.79 Å². The molecule has 4 aliphatic rings. The summed E-state index contributed by atoms with van der Waals surface area (Å²) in [6, 6.07) is 0. The monoisotopic (exact) mass is 346 g/mol. The summed E-state index contributed by atoms with van der Waals surface area (Å²) in [6.07, 6.45) is 11.4. The van der Waals surface area contributed by atoms with Crippen LogP contribution in [-0.2, 0) is 9.53 Å². The third kappa shape index (κ3) is 2.60. The SMILES string of the molecule is CC(=O)O[C@H]1CC[C@H]2[C@@H]3CCC4=C[C@@](C)(O)CC[C@]4(C)[C@H]3CC[C@]12C. The van der Waals surface area contributed by atoms with Gasteiger partial charge in [-0.15, -0.1) is 0 Å². The molecule has 0 aliphatic heterocycles. The van der Waals surface area contributed by atoms with Crippen molar-refractivity contribution in [2.24, 2.45) is 28.6 Å². The average Bonchev–Trinajstić information content (AvgIpc) is 2.84. The molecule has 3 heteroatoms. The molecule has 0 aromatic carbocycles. The van der Waals surface area contributed by atoms with E-state index in [0.717, 1.165) is 37.5 Å². The largest absolute Gasteiger partial charge is 0.462 e. The molecule has 0 spiro atoms. The van der Waals surface area contributed by atoms with Gasteiger partial charge in [0, 0.05) is 12.3 Å². The minimum Gasteiger partial charge on any atom is -0.462 e. The van der Waals surface area contributed by atoms with Crippen LogP contribution in [0.15, 0.2) is 11.6 Å². The lowest BCUT2D eigenvalue weighted by atomic mass is 9.47. The zero-order valence-electron chi connectivity index (χ0n) is 16.3. The Morgan fingerprint density at radius 2 is 1.84 bits per heavy atom. The van der Waals surface area contributed by atoms with Crippen LogP contribution in [0.3, 0.4) is 0 Å². The summed E-state index contributed by atoms with van der Waals surface area (Å²) in [4.78, 5) is 11.5. The summed E-state index contributed by atoms with van der Waals surface area (Å²) >= 11 is 0. The molecule has 140 valence electrons. The summed E-state index contributed by atoms with van der Waals surface area (Å²) in [6.45, 7) is 8.36. The molecule has 0 heterocycles. The minimum atomic E-state index is -0.612. The van der Waals surface area contributed by atoms with E-state index in [0.29, 0.717) is 5.92 Å². The van der Waals surface area contributed by atoms with Crippen LogP contribution in [-0.4, -0.2) is 22.8 Å². The topological polar surface area (TPSA) is 46.5 Å². The summed E-state index contributed by atoms with van der Waals surface area (Å²) in [5, 5.41) is 10.5. The third-order valence-electron chi connectivity index (χ3n) is 8.59. The van der Waals surface area contributed by atoms with Crippen LogP contribution in [0, 0.1) is 28.6 Å². The smallest absolute Gasteiger partial charge is 0.302 e. The Morgan fingerprint density at radius 3 is 2.56 bits per heavy atom. The zero-order chi connectivity index (χ0) is 18.0. The van der Waals surface area contributed by atoms with Gasteiger partial charge in [-0.1, -0.05) is 25.5 Å². The number of hydrogen-bond acceptors (Lipinski definition) is 3. The van der Waals surface area contributed by atoms with Gasteiger partial charge in [-0.2, -0.15) is 0 Å². The average molecular weight is 347 g/mol. The van der Waals surface area contributed by atoms with Crippen molar-refractivity contribution >= 4 is 5.97 Å². The number of fused-ring (bicyclic) bond motifs is 5. The van der Waals surface area contributed by atoms with Crippen molar-refractivity contribution in [3.8, 4) is 0 Å². The highest BCUT2D eigenvalue weighted by Gasteiger charge is 2.60. The number of aliphatic hydroxyl groups is 1. The maximum atomic E-state index is 11.5. The summed E-state index contributed by atoms with van der Waals surface area (Å²) in [5.74, 6) is 2.06. The first-order chi connectivity index (χ1) is 11.7. The van der Waals surface area contributed by atoms with Crippen molar-refractivity contribution in [2.75, 3.05) is 0 Å². The van der Waals surface area contributed by atoms with Crippen molar-refractivity contribution < 1.29 is 14.6 Å². The Kier molecular flexibility index (Phi) is 3.92. The van der Waals surface area contributed by atoms with Crippen molar-refractivity contribution in [1.29, 1.82) is 0 Å². The third-order valence-corrected chi connectivity index (χ3v) is 8.59. The van der Waals surface area contributed by atoms with Gasteiger partial charge in [-0.25, -0.2) is 0 Å². The van der Waals surface area contributed by atoms with E-state index in [1.54, 1.807) is 6.92 Å². The Morgan fingerprint density at radius 1 is 1.08 bits per heavy atom. The number of ether oxygens (including phenoxy) is 1. The predicted molar refractivity (Wildman–Crippen MR) is 97.9 cm³/mol. The van der Waals surface area contributed by atoms with Gasteiger partial charge in [0.15, 0.2) is 0 Å². The maximum absolute atomic E-state index is 11.5. The molecule has 0 unspecified atom stereocenters. The molecule has 0 saturated heterocycles. The highest BCUT2D eigenvalue weighted by atomic mass is 16.5.